The van der Waals surface area contributed by atoms with Crippen molar-refractivity contribution in [3.8, 4) is 0 Å². The van der Waals surface area contributed by atoms with Gasteiger partial charge in [0.1, 0.15) is 0 Å². The number of sulfone groups is 1. The number of halogens is 1. The van der Waals surface area contributed by atoms with Crippen molar-refractivity contribution in [3.63, 3.8) is 0 Å². The molecular formula is C21H18ClNO3S. The van der Waals surface area contributed by atoms with Gasteiger partial charge in [0.05, 0.1) is 10.6 Å². The summed E-state index contributed by atoms with van der Waals surface area (Å²) in [5.74, 6) is -0.492. The van der Waals surface area contributed by atoms with Crippen LogP contribution in [0.25, 0.3) is 0 Å². The molecule has 0 bridgehead atoms. The van der Waals surface area contributed by atoms with Gasteiger partial charge in [-0.05, 0) is 54.4 Å². The molecule has 1 N–H and O–H groups in total. The average molecular weight is 400 g/mol. The van der Waals surface area contributed by atoms with Crippen molar-refractivity contribution in [2.75, 3.05) is 5.32 Å². The lowest BCUT2D eigenvalue weighted by Crippen LogP contribution is -2.13. The van der Waals surface area contributed by atoms with Gasteiger partial charge >= 0.3 is 0 Å². The number of hydrogen-bond acceptors (Lipinski definition) is 3. The van der Waals surface area contributed by atoms with Gasteiger partial charge in [0, 0.05) is 16.3 Å². The summed E-state index contributed by atoms with van der Waals surface area (Å²) >= 11 is 5.98. The van der Waals surface area contributed by atoms with Crippen LogP contribution in [-0.2, 0) is 15.6 Å². The zero-order valence-electron chi connectivity index (χ0n) is 14.6. The quantitative estimate of drug-likeness (QED) is 0.665. The Morgan fingerprint density at radius 2 is 1.70 bits per heavy atom. The van der Waals surface area contributed by atoms with Crippen LogP contribution in [-0.4, -0.2) is 14.3 Å². The lowest BCUT2D eigenvalue weighted by molar-refractivity contribution is 0.102. The SMILES string of the molecule is Cc1ccc(Cl)cc1NC(=O)c1cccc(CS(=O)(=O)c2ccccc2)c1. The molecule has 3 rings (SSSR count). The first-order chi connectivity index (χ1) is 12.8. The van der Waals surface area contributed by atoms with E-state index in [0.29, 0.717) is 21.8 Å². The summed E-state index contributed by atoms with van der Waals surface area (Å²) in [6.45, 7) is 1.87. The number of carbonyl (C=O) groups is 1. The van der Waals surface area contributed by atoms with Gasteiger partial charge in [0.15, 0.2) is 9.84 Å². The minimum atomic E-state index is -3.48. The molecular weight excluding hydrogens is 382 g/mol. The molecule has 0 saturated carbocycles. The van der Waals surface area contributed by atoms with E-state index in [4.69, 9.17) is 11.6 Å². The van der Waals surface area contributed by atoms with E-state index in [1.807, 2.05) is 13.0 Å². The molecule has 0 aliphatic heterocycles. The fraction of sp³-hybridized carbons (Fsp3) is 0.0952. The smallest absolute Gasteiger partial charge is 0.255 e. The van der Waals surface area contributed by atoms with Crippen molar-refractivity contribution >= 4 is 33.0 Å². The molecule has 0 heterocycles. The molecule has 3 aromatic rings. The Labute approximate surface area is 163 Å². The van der Waals surface area contributed by atoms with Gasteiger partial charge in [-0.2, -0.15) is 0 Å². The Morgan fingerprint density at radius 1 is 0.963 bits per heavy atom. The molecule has 4 nitrogen and oxygen atoms in total. The van der Waals surface area contributed by atoms with Crippen LogP contribution >= 0.6 is 11.6 Å². The second-order valence-electron chi connectivity index (χ2n) is 6.19. The Hall–Kier alpha value is -2.63. The lowest BCUT2D eigenvalue weighted by Gasteiger charge is -2.10. The molecule has 1 amide bonds. The molecule has 3 aromatic carbocycles. The van der Waals surface area contributed by atoms with E-state index in [9.17, 15) is 13.2 Å². The predicted octanol–water partition coefficient (Wildman–Crippen LogP) is 4.87. The average Bonchev–Trinajstić information content (AvgIpc) is 2.65. The summed E-state index contributed by atoms with van der Waals surface area (Å²) in [6.07, 6.45) is 0. The molecule has 27 heavy (non-hydrogen) atoms. The molecule has 0 unspecified atom stereocenters. The number of benzene rings is 3. The van der Waals surface area contributed by atoms with Gasteiger partial charge in [0.2, 0.25) is 0 Å². The van der Waals surface area contributed by atoms with E-state index in [1.54, 1.807) is 66.7 Å². The Kier molecular flexibility index (Phi) is 5.63. The number of carbonyl (C=O) groups excluding carboxylic acids is 1. The van der Waals surface area contributed by atoms with Crippen LogP contribution < -0.4 is 5.32 Å². The molecule has 0 atom stereocenters. The van der Waals surface area contributed by atoms with Crippen molar-refractivity contribution in [1.29, 1.82) is 0 Å². The lowest BCUT2D eigenvalue weighted by atomic mass is 10.1. The molecule has 0 radical (unpaired) electrons. The number of hydrogen-bond donors (Lipinski definition) is 1. The Morgan fingerprint density at radius 3 is 2.44 bits per heavy atom. The standard InChI is InChI=1S/C21H18ClNO3S/c1-15-10-11-18(22)13-20(15)23-21(24)17-7-5-6-16(12-17)14-27(25,26)19-8-3-2-4-9-19/h2-13H,14H2,1H3,(H,23,24). The maximum absolute atomic E-state index is 12.6. The number of nitrogens with one attached hydrogen (secondary N) is 1. The molecule has 138 valence electrons. The van der Waals surface area contributed by atoms with Crippen LogP contribution in [0.4, 0.5) is 5.69 Å². The number of rotatable bonds is 5. The van der Waals surface area contributed by atoms with Gasteiger partial charge in [-0.3, -0.25) is 4.79 Å². The first kappa shape index (κ1) is 19.1. The van der Waals surface area contributed by atoms with E-state index >= 15 is 0 Å². The van der Waals surface area contributed by atoms with E-state index in [1.165, 1.54) is 0 Å². The first-order valence-corrected chi connectivity index (χ1v) is 10.3. The van der Waals surface area contributed by atoms with E-state index < -0.39 is 9.84 Å². The first-order valence-electron chi connectivity index (χ1n) is 8.29. The monoisotopic (exact) mass is 399 g/mol. The third kappa shape index (κ3) is 4.76. The summed E-state index contributed by atoms with van der Waals surface area (Å²) in [5, 5.41) is 3.34. The number of anilines is 1. The zero-order chi connectivity index (χ0) is 19.4. The predicted molar refractivity (Wildman–Crippen MR) is 108 cm³/mol. The molecule has 0 saturated heterocycles. The summed E-state index contributed by atoms with van der Waals surface area (Å²) in [6, 6.07) is 20.1. The van der Waals surface area contributed by atoms with Crippen molar-refractivity contribution in [2.45, 2.75) is 17.6 Å². The molecule has 0 aliphatic carbocycles. The van der Waals surface area contributed by atoms with Gasteiger partial charge in [0.25, 0.3) is 5.91 Å². The van der Waals surface area contributed by atoms with Crippen molar-refractivity contribution in [3.05, 3.63) is 94.5 Å². The topological polar surface area (TPSA) is 63.2 Å². The fourth-order valence-corrected chi connectivity index (χ4v) is 4.19. The molecule has 0 aliphatic rings. The zero-order valence-corrected chi connectivity index (χ0v) is 16.2. The maximum Gasteiger partial charge on any atom is 0.255 e. The maximum atomic E-state index is 12.6. The normalized spacial score (nSPS) is 11.2. The minimum absolute atomic E-state index is 0.172. The third-order valence-electron chi connectivity index (χ3n) is 4.10. The second-order valence-corrected chi connectivity index (χ2v) is 8.61. The van der Waals surface area contributed by atoms with E-state index in [0.717, 1.165) is 5.56 Å². The van der Waals surface area contributed by atoms with E-state index in [2.05, 4.69) is 5.32 Å². The second kappa shape index (κ2) is 7.94. The summed E-state index contributed by atoms with van der Waals surface area (Å²) in [7, 11) is -3.48. The summed E-state index contributed by atoms with van der Waals surface area (Å²) < 4.78 is 25.1. The highest BCUT2D eigenvalue weighted by Gasteiger charge is 2.16. The fourth-order valence-electron chi connectivity index (χ4n) is 2.66. The molecule has 0 fully saturated rings. The Bertz CT molecular complexity index is 1080. The minimum Gasteiger partial charge on any atom is -0.322 e. The van der Waals surface area contributed by atoms with Gasteiger partial charge in [-0.15, -0.1) is 0 Å². The van der Waals surface area contributed by atoms with Gasteiger partial charge in [-0.25, -0.2) is 8.42 Å². The van der Waals surface area contributed by atoms with Crippen molar-refractivity contribution in [2.24, 2.45) is 0 Å². The molecule has 0 aromatic heterocycles. The summed E-state index contributed by atoms with van der Waals surface area (Å²) in [4.78, 5) is 12.8. The summed E-state index contributed by atoms with van der Waals surface area (Å²) in [5.41, 5.74) is 2.44. The van der Waals surface area contributed by atoms with Gasteiger partial charge < -0.3 is 5.32 Å². The van der Waals surface area contributed by atoms with Crippen LogP contribution in [0.15, 0.2) is 77.7 Å². The highest BCUT2D eigenvalue weighted by Crippen LogP contribution is 2.22. The largest absolute Gasteiger partial charge is 0.322 e. The van der Waals surface area contributed by atoms with E-state index in [-0.39, 0.29) is 16.6 Å². The number of aryl methyl sites for hydroxylation is 1. The van der Waals surface area contributed by atoms with Gasteiger partial charge in [-0.1, -0.05) is 48.0 Å². The molecule has 0 spiro atoms. The van der Waals surface area contributed by atoms with Crippen molar-refractivity contribution in [1.82, 2.24) is 0 Å². The van der Waals surface area contributed by atoms with Crippen LogP contribution in [0.3, 0.4) is 0 Å². The highest BCUT2D eigenvalue weighted by molar-refractivity contribution is 7.90. The van der Waals surface area contributed by atoms with Crippen LogP contribution in [0.1, 0.15) is 21.5 Å². The van der Waals surface area contributed by atoms with Crippen molar-refractivity contribution < 1.29 is 13.2 Å². The Balaban J connectivity index is 1.81. The van der Waals surface area contributed by atoms with Crippen LogP contribution in [0.5, 0.6) is 0 Å². The highest BCUT2D eigenvalue weighted by atomic mass is 35.5. The third-order valence-corrected chi connectivity index (χ3v) is 6.03. The molecule has 6 heteroatoms. The van der Waals surface area contributed by atoms with Crippen LogP contribution in [0.2, 0.25) is 5.02 Å². The number of amides is 1. The van der Waals surface area contributed by atoms with Crippen LogP contribution in [0, 0.1) is 6.92 Å².